The SMILES string of the molecule is Cl.Cl.c1ccc2cc([C@@H](C3CCCC3)N3CCNCC3)ccc2c1. The van der Waals surface area contributed by atoms with Gasteiger partial charge in [-0.2, -0.15) is 0 Å². The molecule has 0 unspecified atom stereocenters. The fourth-order valence-electron chi connectivity index (χ4n) is 4.41. The van der Waals surface area contributed by atoms with E-state index >= 15 is 0 Å². The van der Waals surface area contributed by atoms with Gasteiger partial charge in [-0.15, -0.1) is 24.8 Å². The molecular formula is C20H28Cl2N2. The van der Waals surface area contributed by atoms with Crippen LogP contribution in [-0.4, -0.2) is 31.1 Å². The molecule has 2 aromatic rings. The summed E-state index contributed by atoms with van der Waals surface area (Å²) in [4.78, 5) is 2.73. The van der Waals surface area contributed by atoms with Crippen LogP contribution < -0.4 is 5.32 Å². The van der Waals surface area contributed by atoms with Crippen molar-refractivity contribution in [2.24, 2.45) is 5.92 Å². The highest BCUT2D eigenvalue weighted by molar-refractivity contribution is 5.85. The van der Waals surface area contributed by atoms with E-state index in [9.17, 15) is 0 Å². The lowest BCUT2D eigenvalue weighted by Gasteiger charge is -2.38. The second-order valence-electron chi connectivity index (χ2n) is 6.88. The molecule has 2 fully saturated rings. The van der Waals surface area contributed by atoms with Crippen molar-refractivity contribution < 1.29 is 0 Å². The zero-order valence-electron chi connectivity index (χ0n) is 14.1. The predicted octanol–water partition coefficient (Wildman–Crippen LogP) is 4.82. The minimum atomic E-state index is 0. The summed E-state index contributed by atoms with van der Waals surface area (Å²) in [5.74, 6) is 0.847. The molecule has 132 valence electrons. The van der Waals surface area contributed by atoms with Gasteiger partial charge in [-0.3, -0.25) is 4.90 Å². The Kier molecular flexibility index (Phi) is 7.36. The zero-order chi connectivity index (χ0) is 14.8. The Labute approximate surface area is 157 Å². The highest BCUT2D eigenvalue weighted by Gasteiger charge is 2.31. The monoisotopic (exact) mass is 366 g/mol. The van der Waals surface area contributed by atoms with Gasteiger partial charge in [0, 0.05) is 32.2 Å². The van der Waals surface area contributed by atoms with E-state index in [1.165, 1.54) is 55.1 Å². The van der Waals surface area contributed by atoms with E-state index in [4.69, 9.17) is 0 Å². The Morgan fingerprint density at radius 3 is 2.25 bits per heavy atom. The molecule has 1 saturated carbocycles. The number of rotatable bonds is 3. The topological polar surface area (TPSA) is 15.3 Å². The summed E-state index contributed by atoms with van der Waals surface area (Å²) in [6, 6.07) is 16.5. The zero-order valence-corrected chi connectivity index (χ0v) is 15.7. The van der Waals surface area contributed by atoms with Crippen LogP contribution in [0.2, 0.25) is 0 Å². The Morgan fingerprint density at radius 1 is 0.875 bits per heavy atom. The maximum Gasteiger partial charge on any atom is 0.0377 e. The second kappa shape index (κ2) is 9.05. The van der Waals surface area contributed by atoms with Crippen LogP contribution in [0.5, 0.6) is 0 Å². The first-order chi connectivity index (χ1) is 10.9. The van der Waals surface area contributed by atoms with Crippen LogP contribution in [0.4, 0.5) is 0 Å². The summed E-state index contributed by atoms with van der Waals surface area (Å²) in [7, 11) is 0. The van der Waals surface area contributed by atoms with Crippen LogP contribution in [0.15, 0.2) is 42.5 Å². The highest BCUT2D eigenvalue weighted by atomic mass is 35.5. The molecule has 1 aliphatic carbocycles. The van der Waals surface area contributed by atoms with E-state index < -0.39 is 0 Å². The normalized spacial score (nSPS) is 20.3. The fourth-order valence-corrected chi connectivity index (χ4v) is 4.41. The minimum Gasteiger partial charge on any atom is -0.314 e. The summed E-state index contributed by atoms with van der Waals surface area (Å²) < 4.78 is 0. The van der Waals surface area contributed by atoms with Crippen molar-refractivity contribution in [2.45, 2.75) is 31.7 Å². The molecule has 1 heterocycles. The van der Waals surface area contributed by atoms with E-state index in [-0.39, 0.29) is 24.8 Å². The summed E-state index contributed by atoms with van der Waals surface area (Å²) >= 11 is 0. The number of nitrogens with one attached hydrogen (secondary N) is 1. The maximum absolute atomic E-state index is 3.50. The molecular weight excluding hydrogens is 339 g/mol. The average Bonchev–Trinajstić information content (AvgIpc) is 3.10. The van der Waals surface area contributed by atoms with Crippen molar-refractivity contribution in [1.29, 1.82) is 0 Å². The number of hydrogen-bond donors (Lipinski definition) is 1. The van der Waals surface area contributed by atoms with Gasteiger partial charge in [-0.1, -0.05) is 49.2 Å². The molecule has 0 spiro atoms. The van der Waals surface area contributed by atoms with E-state index in [2.05, 4.69) is 52.7 Å². The van der Waals surface area contributed by atoms with E-state index in [1.807, 2.05) is 0 Å². The van der Waals surface area contributed by atoms with E-state index in [0.717, 1.165) is 19.0 Å². The van der Waals surface area contributed by atoms with Gasteiger partial charge in [0.25, 0.3) is 0 Å². The molecule has 0 aromatic heterocycles. The standard InChI is InChI=1S/C20H26N2.2ClH/c1-4-8-18-15-19(10-9-16(18)5-1)20(17-6-2-3-7-17)22-13-11-21-12-14-22;;/h1,4-5,8-10,15,17,20-21H,2-3,6-7,11-14H2;2*1H/t20-;;/m1../s1. The van der Waals surface area contributed by atoms with Crippen molar-refractivity contribution in [3.05, 3.63) is 48.0 Å². The summed E-state index contributed by atoms with van der Waals surface area (Å²) in [5.41, 5.74) is 1.53. The molecule has 4 heteroatoms. The van der Waals surface area contributed by atoms with Crippen LogP contribution >= 0.6 is 24.8 Å². The first-order valence-corrected chi connectivity index (χ1v) is 8.85. The minimum absolute atomic E-state index is 0. The molecule has 0 bridgehead atoms. The number of fused-ring (bicyclic) bond motifs is 1. The maximum atomic E-state index is 3.50. The third-order valence-electron chi connectivity index (χ3n) is 5.51. The van der Waals surface area contributed by atoms with Crippen LogP contribution in [-0.2, 0) is 0 Å². The van der Waals surface area contributed by atoms with Crippen LogP contribution in [0.1, 0.15) is 37.3 Å². The molecule has 1 saturated heterocycles. The van der Waals surface area contributed by atoms with Crippen LogP contribution in [0, 0.1) is 5.92 Å². The average molecular weight is 367 g/mol. The largest absolute Gasteiger partial charge is 0.314 e. The molecule has 24 heavy (non-hydrogen) atoms. The van der Waals surface area contributed by atoms with Crippen molar-refractivity contribution >= 4 is 35.6 Å². The lowest BCUT2D eigenvalue weighted by molar-refractivity contribution is 0.125. The summed E-state index contributed by atoms with van der Waals surface area (Å²) in [6.07, 6.45) is 5.64. The van der Waals surface area contributed by atoms with E-state index in [0.29, 0.717) is 6.04 Å². The first kappa shape index (κ1) is 19.5. The van der Waals surface area contributed by atoms with E-state index in [1.54, 1.807) is 0 Å². The smallest absolute Gasteiger partial charge is 0.0377 e. The third kappa shape index (κ3) is 4.05. The van der Waals surface area contributed by atoms with Crippen molar-refractivity contribution in [3.8, 4) is 0 Å². The van der Waals surface area contributed by atoms with Gasteiger partial charge in [-0.05, 0) is 41.2 Å². The Morgan fingerprint density at radius 2 is 1.54 bits per heavy atom. The Hall–Kier alpha value is -0.800. The molecule has 4 rings (SSSR count). The van der Waals surface area contributed by atoms with Gasteiger partial charge in [0.15, 0.2) is 0 Å². The van der Waals surface area contributed by atoms with Crippen LogP contribution in [0.3, 0.4) is 0 Å². The first-order valence-electron chi connectivity index (χ1n) is 8.85. The number of halogens is 2. The highest BCUT2D eigenvalue weighted by Crippen LogP contribution is 2.40. The quantitative estimate of drug-likeness (QED) is 0.837. The molecule has 0 radical (unpaired) electrons. The van der Waals surface area contributed by atoms with Crippen molar-refractivity contribution in [3.63, 3.8) is 0 Å². The third-order valence-corrected chi connectivity index (χ3v) is 5.51. The summed E-state index contributed by atoms with van der Waals surface area (Å²) in [6.45, 7) is 4.65. The molecule has 2 nitrogen and oxygen atoms in total. The number of benzene rings is 2. The second-order valence-corrected chi connectivity index (χ2v) is 6.88. The van der Waals surface area contributed by atoms with Gasteiger partial charge in [-0.25, -0.2) is 0 Å². The molecule has 0 amide bonds. The molecule has 1 N–H and O–H groups in total. The van der Waals surface area contributed by atoms with Gasteiger partial charge in [0.1, 0.15) is 0 Å². The van der Waals surface area contributed by atoms with Gasteiger partial charge in [0.05, 0.1) is 0 Å². The molecule has 1 aliphatic heterocycles. The fraction of sp³-hybridized carbons (Fsp3) is 0.500. The van der Waals surface area contributed by atoms with Gasteiger partial charge >= 0.3 is 0 Å². The molecule has 1 atom stereocenters. The molecule has 2 aliphatic rings. The van der Waals surface area contributed by atoms with Crippen molar-refractivity contribution in [1.82, 2.24) is 10.2 Å². The Bertz CT molecular complexity index is 634. The predicted molar refractivity (Wildman–Crippen MR) is 108 cm³/mol. The van der Waals surface area contributed by atoms with Crippen molar-refractivity contribution in [2.75, 3.05) is 26.2 Å². The summed E-state index contributed by atoms with van der Waals surface area (Å²) in [5, 5.41) is 6.24. The number of piperazine rings is 1. The number of nitrogens with zero attached hydrogens (tertiary/aromatic N) is 1. The van der Waals surface area contributed by atoms with Crippen LogP contribution in [0.25, 0.3) is 10.8 Å². The Balaban J connectivity index is 0.00000104. The molecule has 2 aromatic carbocycles. The number of hydrogen-bond acceptors (Lipinski definition) is 2. The van der Waals surface area contributed by atoms with Gasteiger partial charge in [0.2, 0.25) is 0 Å². The lowest BCUT2D eigenvalue weighted by Crippen LogP contribution is -2.46. The lowest BCUT2D eigenvalue weighted by atomic mass is 9.88. The van der Waals surface area contributed by atoms with Gasteiger partial charge < -0.3 is 5.32 Å².